The summed E-state index contributed by atoms with van der Waals surface area (Å²) in [6.45, 7) is 5.69. The Balaban J connectivity index is 1.29. The first kappa shape index (κ1) is 18.4. The van der Waals surface area contributed by atoms with Gasteiger partial charge in [0.1, 0.15) is 0 Å². The van der Waals surface area contributed by atoms with Crippen molar-refractivity contribution in [1.82, 2.24) is 9.80 Å². The normalized spacial score (nSPS) is 23.3. The number of carbonyl (C=O) groups is 1. The third-order valence-corrected chi connectivity index (χ3v) is 6.11. The first-order chi connectivity index (χ1) is 13.3. The lowest BCUT2D eigenvalue weighted by atomic mass is 9.94. The van der Waals surface area contributed by atoms with Gasteiger partial charge in [0.05, 0.1) is 0 Å². The first-order valence-corrected chi connectivity index (χ1v) is 10.4. The molecule has 3 aliphatic heterocycles. The molecule has 3 fully saturated rings. The number of carbonyl (C=O) groups excluding carboxylic acids is 1. The minimum Gasteiger partial charge on any atom is -0.301 e. The van der Waals surface area contributed by atoms with Crippen LogP contribution in [0.1, 0.15) is 41.6 Å². The van der Waals surface area contributed by atoms with Gasteiger partial charge < -0.3 is 4.90 Å². The molecule has 142 valence electrons. The summed E-state index contributed by atoms with van der Waals surface area (Å²) >= 11 is 0. The van der Waals surface area contributed by atoms with E-state index in [1.54, 1.807) is 0 Å². The second-order valence-electron chi connectivity index (χ2n) is 8.16. The Kier molecular flexibility index (Phi) is 6.00. The fourth-order valence-electron chi connectivity index (χ4n) is 4.70. The molecule has 2 aromatic rings. The van der Waals surface area contributed by atoms with Crippen LogP contribution in [0.25, 0.3) is 0 Å². The maximum Gasteiger partial charge on any atom is 0.162 e. The lowest BCUT2D eigenvalue weighted by molar-refractivity contribution is 0.0973. The summed E-state index contributed by atoms with van der Waals surface area (Å²) in [5, 5.41) is 0. The average molecular weight is 363 g/mol. The zero-order valence-electron chi connectivity index (χ0n) is 16.1. The SMILES string of the molecule is O=C(CCCN1C[C@H]2CC[C@@H](C1)N(Cc1ccccc1)C2)c1ccccc1. The number of benzene rings is 2. The standard InChI is InChI=1S/C24H30N2O/c27-24(22-10-5-2-6-11-22)12-7-15-25-16-21-13-14-23(19-25)26(18-21)17-20-8-3-1-4-9-20/h1-6,8-11,21,23H,7,12-19H2/t21-,23+/m1/s1. The molecule has 0 unspecified atom stereocenters. The maximum atomic E-state index is 12.3. The largest absolute Gasteiger partial charge is 0.301 e. The molecule has 0 amide bonds. The van der Waals surface area contributed by atoms with E-state index in [2.05, 4.69) is 40.1 Å². The highest BCUT2D eigenvalue weighted by atomic mass is 16.1. The molecule has 2 aromatic carbocycles. The van der Waals surface area contributed by atoms with Crippen LogP contribution in [-0.2, 0) is 6.54 Å². The van der Waals surface area contributed by atoms with Crippen LogP contribution in [0.3, 0.4) is 0 Å². The van der Waals surface area contributed by atoms with Gasteiger partial charge in [-0.05, 0) is 37.3 Å². The number of nitrogens with zero attached hydrogens (tertiary/aromatic N) is 2. The van der Waals surface area contributed by atoms with Gasteiger partial charge in [-0.25, -0.2) is 0 Å². The summed E-state index contributed by atoms with van der Waals surface area (Å²) in [5.41, 5.74) is 2.27. The summed E-state index contributed by atoms with van der Waals surface area (Å²) in [6, 6.07) is 21.2. The van der Waals surface area contributed by atoms with Crippen molar-refractivity contribution in [2.75, 3.05) is 26.2 Å². The van der Waals surface area contributed by atoms with Crippen LogP contribution in [0.4, 0.5) is 0 Å². The van der Waals surface area contributed by atoms with Gasteiger partial charge in [0.25, 0.3) is 0 Å². The summed E-state index contributed by atoms with van der Waals surface area (Å²) in [4.78, 5) is 17.6. The van der Waals surface area contributed by atoms with E-state index in [1.807, 2.05) is 30.3 Å². The maximum absolute atomic E-state index is 12.3. The van der Waals surface area contributed by atoms with Gasteiger partial charge in [-0.2, -0.15) is 0 Å². The fraction of sp³-hybridized carbons (Fsp3) is 0.458. The van der Waals surface area contributed by atoms with Crippen LogP contribution in [0, 0.1) is 5.92 Å². The Bertz CT molecular complexity index is 731. The molecule has 3 nitrogen and oxygen atoms in total. The highest BCUT2D eigenvalue weighted by Gasteiger charge is 2.34. The predicted molar refractivity (Wildman–Crippen MR) is 110 cm³/mol. The molecular weight excluding hydrogens is 332 g/mol. The Morgan fingerprint density at radius 1 is 0.889 bits per heavy atom. The number of ketones is 1. The number of fused-ring (bicyclic) bond motifs is 4. The van der Waals surface area contributed by atoms with Gasteiger partial charge >= 0.3 is 0 Å². The zero-order chi connectivity index (χ0) is 18.5. The molecule has 0 aliphatic carbocycles. The van der Waals surface area contributed by atoms with Crippen LogP contribution >= 0.6 is 0 Å². The molecule has 0 saturated carbocycles. The van der Waals surface area contributed by atoms with Crippen molar-refractivity contribution in [3.05, 3.63) is 71.8 Å². The lowest BCUT2D eigenvalue weighted by Gasteiger charge is -2.36. The van der Waals surface area contributed by atoms with Crippen molar-refractivity contribution < 1.29 is 4.79 Å². The molecule has 3 aliphatic rings. The molecule has 0 aromatic heterocycles. The van der Waals surface area contributed by atoms with Gasteiger partial charge in [-0.15, -0.1) is 0 Å². The molecule has 0 N–H and O–H groups in total. The topological polar surface area (TPSA) is 23.6 Å². The van der Waals surface area contributed by atoms with E-state index in [0.29, 0.717) is 12.5 Å². The number of piperidine rings is 1. The third-order valence-electron chi connectivity index (χ3n) is 6.11. The Hall–Kier alpha value is -1.97. The molecule has 3 saturated heterocycles. The number of hydrogen-bond donors (Lipinski definition) is 0. The molecule has 2 atom stereocenters. The summed E-state index contributed by atoms with van der Waals surface area (Å²) in [5.74, 6) is 1.05. The smallest absolute Gasteiger partial charge is 0.162 e. The molecular formula is C24H30N2O. The minimum atomic E-state index is 0.277. The van der Waals surface area contributed by atoms with Gasteiger partial charge in [0.2, 0.25) is 0 Å². The van der Waals surface area contributed by atoms with Crippen LogP contribution in [0.5, 0.6) is 0 Å². The van der Waals surface area contributed by atoms with E-state index in [9.17, 15) is 4.79 Å². The Morgan fingerprint density at radius 3 is 2.41 bits per heavy atom. The molecule has 2 bridgehead atoms. The second-order valence-corrected chi connectivity index (χ2v) is 8.16. The Labute approximate surface area is 163 Å². The zero-order valence-corrected chi connectivity index (χ0v) is 16.1. The van der Waals surface area contributed by atoms with E-state index in [1.165, 1.54) is 31.5 Å². The van der Waals surface area contributed by atoms with Crippen molar-refractivity contribution in [3.63, 3.8) is 0 Å². The molecule has 3 heterocycles. The monoisotopic (exact) mass is 362 g/mol. The quantitative estimate of drug-likeness (QED) is 0.688. The van der Waals surface area contributed by atoms with Crippen LogP contribution in [-0.4, -0.2) is 47.8 Å². The molecule has 5 rings (SSSR count). The van der Waals surface area contributed by atoms with Gasteiger partial charge in [0.15, 0.2) is 5.78 Å². The van der Waals surface area contributed by atoms with Crippen molar-refractivity contribution in [2.24, 2.45) is 5.92 Å². The summed E-state index contributed by atoms with van der Waals surface area (Å²) in [7, 11) is 0. The lowest BCUT2D eigenvalue weighted by Crippen LogP contribution is -2.43. The van der Waals surface area contributed by atoms with E-state index in [4.69, 9.17) is 0 Å². The highest BCUT2D eigenvalue weighted by molar-refractivity contribution is 5.95. The second kappa shape index (κ2) is 8.81. The van der Waals surface area contributed by atoms with E-state index < -0.39 is 0 Å². The van der Waals surface area contributed by atoms with Gasteiger partial charge in [0, 0.05) is 44.2 Å². The van der Waals surface area contributed by atoms with Crippen LogP contribution < -0.4 is 0 Å². The molecule has 27 heavy (non-hydrogen) atoms. The van der Waals surface area contributed by atoms with Crippen LogP contribution in [0.2, 0.25) is 0 Å². The summed E-state index contributed by atoms with van der Waals surface area (Å²) < 4.78 is 0. The van der Waals surface area contributed by atoms with Crippen LogP contribution in [0.15, 0.2) is 60.7 Å². The van der Waals surface area contributed by atoms with E-state index in [-0.39, 0.29) is 5.78 Å². The third kappa shape index (κ3) is 4.85. The summed E-state index contributed by atoms with van der Waals surface area (Å²) in [6.07, 6.45) is 4.29. The van der Waals surface area contributed by atoms with E-state index in [0.717, 1.165) is 37.5 Å². The molecule has 0 spiro atoms. The number of rotatable bonds is 7. The van der Waals surface area contributed by atoms with Crippen molar-refractivity contribution in [1.29, 1.82) is 0 Å². The predicted octanol–water partition coefficient (Wildman–Crippen LogP) is 4.25. The molecule has 3 heteroatoms. The van der Waals surface area contributed by atoms with Gasteiger partial charge in [-0.1, -0.05) is 60.7 Å². The Morgan fingerprint density at radius 2 is 1.63 bits per heavy atom. The van der Waals surface area contributed by atoms with Crippen molar-refractivity contribution >= 4 is 5.78 Å². The number of Topliss-reactive ketones (excluding diaryl/α,β-unsaturated/α-hetero) is 1. The fourth-order valence-corrected chi connectivity index (χ4v) is 4.70. The van der Waals surface area contributed by atoms with Gasteiger partial charge in [-0.3, -0.25) is 9.69 Å². The number of hydrogen-bond acceptors (Lipinski definition) is 3. The minimum absolute atomic E-state index is 0.277. The highest BCUT2D eigenvalue weighted by Crippen LogP contribution is 2.29. The average Bonchev–Trinajstić information content (AvgIpc) is 3.00. The van der Waals surface area contributed by atoms with Crippen molar-refractivity contribution in [2.45, 2.75) is 38.3 Å². The molecule has 0 radical (unpaired) electrons. The van der Waals surface area contributed by atoms with Crippen molar-refractivity contribution in [3.8, 4) is 0 Å². The van der Waals surface area contributed by atoms with E-state index >= 15 is 0 Å². The first-order valence-electron chi connectivity index (χ1n) is 10.4.